The van der Waals surface area contributed by atoms with Gasteiger partial charge in [-0.15, -0.1) is 0 Å². The molecular formula is C10H11CeO2. The smallest absolute Gasteiger partial charge is 0.928 e. The second-order valence-electron chi connectivity index (χ2n) is 2.76. The zero-order valence-electron chi connectivity index (χ0n) is 7.59. The first-order chi connectivity index (χ1) is 5.75. The van der Waals surface area contributed by atoms with Crippen molar-refractivity contribution in [3.63, 3.8) is 0 Å². The van der Waals surface area contributed by atoms with E-state index in [9.17, 15) is 10.2 Å². The summed E-state index contributed by atoms with van der Waals surface area (Å²) in [6.07, 6.45) is 2.70. The van der Waals surface area contributed by atoms with E-state index in [1.54, 1.807) is 6.07 Å². The predicted molar refractivity (Wildman–Crippen MR) is 42.8 cm³/mol. The third-order valence-corrected chi connectivity index (χ3v) is 1.80. The Balaban J connectivity index is 0.00000144. The molecule has 1 radical (unpaired) electrons. The topological polar surface area (TPSA) is 46.1 Å². The molecule has 0 heterocycles. The minimum absolute atomic E-state index is 0. The van der Waals surface area contributed by atoms with E-state index in [1.165, 1.54) is 6.07 Å². The van der Waals surface area contributed by atoms with Crippen molar-refractivity contribution in [2.24, 2.45) is 0 Å². The van der Waals surface area contributed by atoms with Gasteiger partial charge in [0.05, 0.1) is 0 Å². The van der Waals surface area contributed by atoms with Crippen molar-refractivity contribution in [1.29, 1.82) is 0 Å². The maximum Gasteiger partial charge on any atom is 3.00 e. The average molecular weight is 303 g/mol. The zero-order valence-corrected chi connectivity index (χ0v) is 10.7. The van der Waals surface area contributed by atoms with Crippen LogP contribution < -0.4 is 10.2 Å². The first kappa shape index (κ1) is 13.2. The van der Waals surface area contributed by atoms with Gasteiger partial charge in [-0.05, 0) is 0 Å². The molecule has 13 heavy (non-hydrogen) atoms. The molecule has 0 aromatic heterocycles. The van der Waals surface area contributed by atoms with Gasteiger partial charge in [0.2, 0.25) is 0 Å². The van der Waals surface area contributed by atoms with Crippen LogP contribution in [0.2, 0.25) is 0 Å². The third kappa shape index (κ3) is 3.83. The number of benzene rings is 1. The summed E-state index contributed by atoms with van der Waals surface area (Å²) in [6, 6.07) is 5.55. The molecule has 3 heteroatoms. The van der Waals surface area contributed by atoms with Crippen LogP contribution in [-0.2, 0) is 6.42 Å². The van der Waals surface area contributed by atoms with Crippen LogP contribution in [0.25, 0.3) is 0 Å². The average Bonchev–Trinajstić information content (AvgIpc) is 2.08. The number of rotatable bonds is 3. The molecule has 0 unspecified atom stereocenters. The van der Waals surface area contributed by atoms with E-state index < -0.39 is 5.75 Å². The molecule has 0 aliphatic rings. The van der Waals surface area contributed by atoms with Crippen molar-refractivity contribution in [2.45, 2.75) is 26.2 Å². The van der Waals surface area contributed by atoms with Crippen molar-refractivity contribution in [1.82, 2.24) is 0 Å². The van der Waals surface area contributed by atoms with Crippen LogP contribution in [0.3, 0.4) is 0 Å². The fourth-order valence-corrected chi connectivity index (χ4v) is 1.07. The molecule has 0 saturated carbocycles. The Morgan fingerprint density at radius 2 is 2.08 bits per heavy atom. The number of aryl methyl sites for hydroxylation is 1. The predicted octanol–water partition coefficient (Wildman–Crippen LogP) is 0.977. The first-order valence-corrected chi connectivity index (χ1v) is 4.13. The fourth-order valence-electron chi connectivity index (χ4n) is 1.07. The molecule has 1 aromatic rings. The standard InChI is InChI=1S/C10H13O2.Ce/c1-2-3-5-8-6-4-7-9(11)10(8)12;/h4,6,11-12H,2-3,5H2,1H3;/q-1;+3/p-2. The molecule has 0 aliphatic heterocycles. The Morgan fingerprint density at radius 3 is 2.69 bits per heavy atom. The van der Waals surface area contributed by atoms with Crippen LogP contribution in [0.4, 0.5) is 0 Å². The summed E-state index contributed by atoms with van der Waals surface area (Å²) in [7, 11) is 0. The quantitative estimate of drug-likeness (QED) is 0.781. The van der Waals surface area contributed by atoms with E-state index in [1.807, 2.05) is 0 Å². The first-order valence-electron chi connectivity index (χ1n) is 4.13. The Hall–Kier alpha value is 0.197. The molecule has 0 aliphatic carbocycles. The molecule has 67 valence electrons. The van der Waals surface area contributed by atoms with E-state index in [2.05, 4.69) is 13.0 Å². The van der Waals surface area contributed by atoms with Crippen molar-refractivity contribution in [3.05, 3.63) is 23.8 Å². The molecule has 0 amide bonds. The van der Waals surface area contributed by atoms with Crippen LogP contribution in [0.5, 0.6) is 11.5 Å². The van der Waals surface area contributed by atoms with Gasteiger partial charge in [0, 0.05) is 0 Å². The maximum absolute atomic E-state index is 11.1. The second kappa shape index (κ2) is 6.62. The van der Waals surface area contributed by atoms with Crippen molar-refractivity contribution in [3.8, 4) is 11.5 Å². The SMILES string of the molecule is CCCCc1cc[c-]c([O-])c1[O-].[Ce+3]. The molecule has 2 nitrogen and oxygen atoms in total. The number of unbranched alkanes of at least 4 members (excludes halogenated alkanes) is 1. The molecular weight excluding hydrogens is 292 g/mol. The molecule has 0 N–H and O–H groups in total. The van der Waals surface area contributed by atoms with Crippen LogP contribution in [-0.4, -0.2) is 0 Å². The van der Waals surface area contributed by atoms with Crippen LogP contribution in [0.15, 0.2) is 12.1 Å². The number of hydrogen-bond donors (Lipinski definition) is 0. The zero-order chi connectivity index (χ0) is 8.97. The van der Waals surface area contributed by atoms with E-state index in [-0.39, 0.29) is 47.5 Å². The van der Waals surface area contributed by atoms with Gasteiger partial charge in [-0.3, -0.25) is 0 Å². The molecule has 0 spiro atoms. The monoisotopic (exact) mass is 303 g/mol. The van der Waals surface area contributed by atoms with Gasteiger partial charge >= 0.3 is 41.7 Å². The van der Waals surface area contributed by atoms with Crippen LogP contribution in [0, 0.1) is 47.8 Å². The summed E-state index contributed by atoms with van der Waals surface area (Å²) < 4.78 is 0. The number of hydrogen-bond acceptors (Lipinski definition) is 2. The normalized spacial score (nSPS) is 9.31. The Bertz CT molecular complexity index is 261. The van der Waals surface area contributed by atoms with Crippen molar-refractivity contribution >= 4 is 0 Å². The fraction of sp³-hybridized carbons (Fsp3) is 0.400. The van der Waals surface area contributed by atoms with Crippen LogP contribution in [0.1, 0.15) is 25.3 Å². The largest absolute Gasteiger partial charge is 3.00 e. The Kier molecular flexibility index (Phi) is 6.72. The van der Waals surface area contributed by atoms with E-state index in [4.69, 9.17) is 0 Å². The second-order valence-corrected chi connectivity index (χ2v) is 2.76. The summed E-state index contributed by atoms with van der Waals surface area (Å²) in [5, 5.41) is 22.0. The molecule has 0 saturated heterocycles. The van der Waals surface area contributed by atoms with Gasteiger partial charge in [0.25, 0.3) is 0 Å². The van der Waals surface area contributed by atoms with E-state index in [0.717, 1.165) is 12.8 Å². The molecule has 1 aromatic carbocycles. The summed E-state index contributed by atoms with van der Waals surface area (Å²) in [5.41, 5.74) is 0.626. The summed E-state index contributed by atoms with van der Waals surface area (Å²) >= 11 is 0. The minimum atomic E-state index is -0.511. The van der Waals surface area contributed by atoms with Gasteiger partial charge in [-0.2, -0.15) is 23.8 Å². The molecule has 0 bridgehead atoms. The van der Waals surface area contributed by atoms with Gasteiger partial charge in [-0.25, -0.2) is 11.5 Å². The van der Waals surface area contributed by atoms with Gasteiger partial charge in [-0.1, -0.05) is 26.2 Å². The molecule has 1 rings (SSSR count). The summed E-state index contributed by atoms with van der Waals surface area (Å²) in [6.45, 7) is 2.05. The van der Waals surface area contributed by atoms with Gasteiger partial charge in [0.1, 0.15) is 0 Å². The van der Waals surface area contributed by atoms with E-state index >= 15 is 0 Å². The molecule has 0 fully saturated rings. The minimum Gasteiger partial charge on any atom is -0.928 e. The van der Waals surface area contributed by atoms with Crippen molar-refractivity contribution in [2.75, 3.05) is 0 Å². The molecule has 0 atom stereocenters. The maximum atomic E-state index is 11.1. The van der Waals surface area contributed by atoms with Crippen molar-refractivity contribution < 1.29 is 52.0 Å². The van der Waals surface area contributed by atoms with Crippen LogP contribution >= 0.6 is 0 Å². The third-order valence-electron chi connectivity index (χ3n) is 1.80. The summed E-state index contributed by atoms with van der Waals surface area (Å²) in [4.78, 5) is 0. The Labute approximate surface area is 112 Å². The summed E-state index contributed by atoms with van der Waals surface area (Å²) in [5.74, 6) is -0.894. The van der Waals surface area contributed by atoms with Gasteiger partial charge < -0.3 is 10.2 Å². The van der Waals surface area contributed by atoms with Gasteiger partial charge in [0.15, 0.2) is 0 Å². The Morgan fingerprint density at radius 1 is 1.38 bits per heavy atom. The van der Waals surface area contributed by atoms with E-state index in [0.29, 0.717) is 12.0 Å².